The third-order valence-electron chi connectivity index (χ3n) is 9.20. The summed E-state index contributed by atoms with van der Waals surface area (Å²) in [4.78, 5) is 51.7. The number of carbonyl (C=O) groups is 2. The van der Waals surface area contributed by atoms with Crippen LogP contribution in [0.2, 0.25) is 0 Å². The van der Waals surface area contributed by atoms with E-state index in [0.29, 0.717) is 45.9 Å². The molecule has 2 N–H and O–H groups in total. The summed E-state index contributed by atoms with van der Waals surface area (Å²) in [7, 11) is 0. The Morgan fingerprint density at radius 1 is 0.459 bits per heavy atom. The van der Waals surface area contributed by atoms with Gasteiger partial charge in [-0.15, -0.1) is 0 Å². The van der Waals surface area contributed by atoms with Gasteiger partial charge in [0.25, 0.3) is 11.4 Å². The fourth-order valence-corrected chi connectivity index (χ4v) is 6.13. The van der Waals surface area contributed by atoms with E-state index in [2.05, 4.69) is 10.6 Å². The number of nitro groups is 2. The van der Waals surface area contributed by atoms with Gasteiger partial charge in [0.15, 0.2) is 0 Å². The number of nitrogens with one attached hydrogen (secondary N) is 2. The van der Waals surface area contributed by atoms with Crippen LogP contribution in [0.4, 0.5) is 32.3 Å². The summed E-state index contributed by atoms with van der Waals surface area (Å²) in [5, 5.41) is 27.9. The smallest absolute Gasteiger partial charge is 0.322 e. The van der Waals surface area contributed by atoms with Crippen molar-refractivity contribution in [3.8, 4) is 23.0 Å². The monoisotopic (exact) mass is 818 g/mol. The third kappa shape index (κ3) is 11.6. The zero-order chi connectivity index (χ0) is 42.6. The Morgan fingerprint density at radius 2 is 0.787 bits per heavy atom. The lowest BCUT2D eigenvalue weighted by atomic mass is 10.2. The van der Waals surface area contributed by atoms with E-state index >= 15 is 0 Å². The second-order valence-corrected chi connectivity index (χ2v) is 13.7. The number of hydrogen-bond donors (Lipinski definition) is 2. The highest BCUT2D eigenvalue weighted by Gasteiger charge is 2.21. The molecule has 306 valence electrons. The number of amides is 4. The van der Waals surface area contributed by atoms with E-state index in [4.69, 9.17) is 13.9 Å². The average molecular weight is 819 g/mol. The molecule has 61 heavy (non-hydrogen) atoms. The summed E-state index contributed by atoms with van der Waals surface area (Å²) in [6.07, 6.45) is 0. The standard InChI is InChI=1S/C46H38N6O9/c53-45(47-35-7-3-1-4-8-35)49(29-33-11-19-39(20-12-33)59-41-23-15-37(16-24-41)51(55)56)31-43-27-28-44(61-43)32-50(46(54)48-36-9-5-2-6-10-36)30-34-13-21-40(22-14-34)60-42-25-17-38(18-26-42)52(57)58/h1-28H,29-32H2,(H,47,53)(H,48,54). The van der Waals surface area contributed by atoms with E-state index in [0.717, 1.165) is 11.1 Å². The zero-order valence-corrected chi connectivity index (χ0v) is 32.5. The summed E-state index contributed by atoms with van der Waals surface area (Å²) in [5.74, 6) is 2.90. The number of rotatable bonds is 16. The number of benzene rings is 6. The molecule has 7 aromatic rings. The van der Waals surface area contributed by atoms with E-state index in [1.807, 2.05) is 60.7 Å². The van der Waals surface area contributed by atoms with Crippen molar-refractivity contribution < 1.29 is 33.3 Å². The molecule has 1 aromatic heterocycles. The Kier molecular flexibility index (Phi) is 12.9. The van der Waals surface area contributed by atoms with Crippen LogP contribution >= 0.6 is 0 Å². The molecule has 0 radical (unpaired) electrons. The molecule has 0 bridgehead atoms. The first-order valence-corrected chi connectivity index (χ1v) is 19.0. The van der Waals surface area contributed by atoms with Crippen molar-refractivity contribution in [1.29, 1.82) is 0 Å². The Morgan fingerprint density at radius 3 is 1.11 bits per heavy atom. The van der Waals surface area contributed by atoms with Crippen molar-refractivity contribution in [2.24, 2.45) is 0 Å². The van der Waals surface area contributed by atoms with Gasteiger partial charge in [-0.25, -0.2) is 9.59 Å². The summed E-state index contributed by atoms with van der Waals surface area (Å²) in [5.41, 5.74) is 2.77. The summed E-state index contributed by atoms with van der Waals surface area (Å²) in [6, 6.07) is 46.9. The van der Waals surface area contributed by atoms with Crippen LogP contribution in [0.1, 0.15) is 22.6 Å². The zero-order valence-electron chi connectivity index (χ0n) is 32.5. The van der Waals surface area contributed by atoms with Gasteiger partial charge in [-0.2, -0.15) is 0 Å². The molecule has 0 aliphatic heterocycles. The van der Waals surface area contributed by atoms with Crippen molar-refractivity contribution in [2.45, 2.75) is 26.2 Å². The lowest BCUT2D eigenvalue weighted by Gasteiger charge is -2.23. The molecule has 0 atom stereocenters. The molecule has 0 aliphatic rings. The first-order valence-electron chi connectivity index (χ1n) is 19.0. The first-order chi connectivity index (χ1) is 29.6. The van der Waals surface area contributed by atoms with Gasteiger partial charge in [0.2, 0.25) is 0 Å². The SMILES string of the molecule is O=C(Nc1ccccc1)N(Cc1ccc(Oc2ccc([N+](=O)[O-])cc2)cc1)Cc1ccc(CN(Cc2ccc(Oc3ccc([N+](=O)[O-])cc3)cc2)C(=O)Nc2ccccc2)o1. The Labute approximate surface area is 349 Å². The average Bonchev–Trinajstić information content (AvgIpc) is 3.72. The van der Waals surface area contributed by atoms with Crippen LogP contribution in [-0.2, 0) is 26.2 Å². The number of ether oxygens (including phenoxy) is 2. The van der Waals surface area contributed by atoms with E-state index in [1.54, 1.807) is 70.5 Å². The second kappa shape index (κ2) is 19.3. The van der Waals surface area contributed by atoms with Crippen LogP contribution in [0, 0.1) is 20.2 Å². The quantitative estimate of drug-likeness (QED) is 0.0707. The number of anilines is 2. The highest BCUT2D eigenvalue weighted by molar-refractivity contribution is 5.90. The van der Waals surface area contributed by atoms with Crippen LogP contribution in [0.5, 0.6) is 23.0 Å². The topological polar surface area (TPSA) is 183 Å². The molecule has 15 heteroatoms. The minimum atomic E-state index is -0.476. The molecule has 0 saturated heterocycles. The molecule has 7 rings (SSSR count). The third-order valence-corrected chi connectivity index (χ3v) is 9.20. The van der Waals surface area contributed by atoms with Crippen LogP contribution in [0.3, 0.4) is 0 Å². The van der Waals surface area contributed by atoms with Gasteiger partial charge in [0.1, 0.15) is 34.5 Å². The maximum absolute atomic E-state index is 13.7. The molecule has 0 spiro atoms. The fraction of sp³-hybridized carbons (Fsp3) is 0.0870. The van der Waals surface area contributed by atoms with Crippen LogP contribution in [0.15, 0.2) is 174 Å². The lowest BCUT2D eigenvalue weighted by molar-refractivity contribution is -0.385. The molecule has 0 fully saturated rings. The van der Waals surface area contributed by atoms with E-state index < -0.39 is 9.85 Å². The molecule has 15 nitrogen and oxygen atoms in total. The van der Waals surface area contributed by atoms with Crippen molar-refractivity contribution >= 4 is 34.8 Å². The highest BCUT2D eigenvalue weighted by atomic mass is 16.6. The maximum atomic E-state index is 13.7. The number of carbonyl (C=O) groups excluding carboxylic acids is 2. The van der Waals surface area contributed by atoms with Gasteiger partial charge >= 0.3 is 12.1 Å². The lowest BCUT2D eigenvalue weighted by Crippen LogP contribution is -2.34. The van der Waals surface area contributed by atoms with Crippen molar-refractivity contribution in [3.63, 3.8) is 0 Å². The number of nitrogens with zero attached hydrogens (tertiary/aromatic N) is 4. The van der Waals surface area contributed by atoms with Crippen molar-refractivity contribution in [2.75, 3.05) is 10.6 Å². The van der Waals surface area contributed by atoms with Gasteiger partial charge in [-0.3, -0.25) is 20.2 Å². The molecule has 1 heterocycles. The number of nitro benzene ring substituents is 2. The van der Waals surface area contributed by atoms with Crippen molar-refractivity contribution in [1.82, 2.24) is 9.80 Å². The summed E-state index contributed by atoms with van der Waals surface area (Å²) in [6.45, 7) is 0.627. The normalized spacial score (nSPS) is 10.6. The number of urea groups is 2. The van der Waals surface area contributed by atoms with Gasteiger partial charge < -0.3 is 34.3 Å². The molecule has 0 saturated carbocycles. The number of para-hydroxylation sites is 2. The van der Waals surface area contributed by atoms with Crippen molar-refractivity contribution in [3.05, 3.63) is 213 Å². The predicted octanol–water partition coefficient (Wildman–Crippen LogP) is 11.1. The van der Waals surface area contributed by atoms with Gasteiger partial charge in [-0.05, 0) is 96.1 Å². The van der Waals surface area contributed by atoms with E-state index in [9.17, 15) is 29.8 Å². The first kappa shape index (κ1) is 40.7. The molecule has 6 aromatic carbocycles. The number of hydrogen-bond acceptors (Lipinski definition) is 9. The Bertz CT molecular complexity index is 2390. The largest absolute Gasteiger partial charge is 0.462 e. The molecule has 0 aliphatic carbocycles. The van der Waals surface area contributed by atoms with E-state index in [1.165, 1.54) is 48.5 Å². The van der Waals surface area contributed by atoms with Crippen LogP contribution in [-0.4, -0.2) is 31.7 Å². The minimum Gasteiger partial charge on any atom is -0.462 e. The predicted molar refractivity (Wildman–Crippen MR) is 227 cm³/mol. The number of non-ortho nitro benzene ring substituents is 2. The Balaban J connectivity index is 1.05. The van der Waals surface area contributed by atoms with Gasteiger partial charge in [-0.1, -0.05) is 60.7 Å². The molecular weight excluding hydrogens is 781 g/mol. The van der Waals surface area contributed by atoms with Gasteiger partial charge in [0.05, 0.1) is 22.9 Å². The van der Waals surface area contributed by atoms with Crippen LogP contribution < -0.4 is 20.1 Å². The summed E-state index contributed by atoms with van der Waals surface area (Å²) < 4.78 is 18.0. The Hall–Kier alpha value is -8.46. The molecule has 0 unspecified atom stereocenters. The second-order valence-electron chi connectivity index (χ2n) is 13.7. The minimum absolute atomic E-state index is 0.0380. The summed E-state index contributed by atoms with van der Waals surface area (Å²) >= 11 is 0. The fourth-order valence-electron chi connectivity index (χ4n) is 6.13. The van der Waals surface area contributed by atoms with Gasteiger partial charge in [0, 0.05) is 48.7 Å². The van der Waals surface area contributed by atoms with Crippen LogP contribution in [0.25, 0.3) is 0 Å². The maximum Gasteiger partial charge on any atom is 0.322 e. The highest BCUT2D eigenvalue weighted by Crippen LogP contribution is 2.27. The molecule has 4 amide bonds. The number of furan rings is 1. The molecular formula is C46H38N6O9. The van der Waals surface area contributed by atoms with E-state index in [-0.39, 0.29) is 49.6 Å².